The largest absolute Gasteiger partial charge is 0.491 e. The fourth-order valence-corrected chi connectivity index (χ4v) is 3.05. The summed E-state index contributed by atoms with van der Waals surface area (Å²) in [6, 6.07) is 13.9. The van der Waals surface area contributed by atoms with Crippen LogP contribution in [0.5, 0.6) is 5.75 Å². The summed E-state index contributed by atoms with van der Waals surface area (Å²) in [6.07, 6.45) is 2.11. The molecule has 0 aromatic heterocycles. The van der Waals surface area contributed by atoms with Crippen LogP contribution in [0.1, 0.15) is 47.4 Å². The van der Waals surface area contributed by atoms with Crippen LogP contribution >= 0.6 is 0 Å². The average molecular weight is 382 g/mol. The molecule has 3 rings (SSSR count). The Morgan fingerprint density at radius 1 is 1.11 bits per heavy atom. The number of ether oxygens (including phenoxy) is 2. The van der Waals surface area contributed by atoms with Crippen molar-refractivity contribution in [1.82, 2.24) is 5.32 Å². The molecule has 6 heteroatoms. The zero-order valence-electron chi connectivity index (χ0n) is 16.2. The Hall–Kier alpha value is -2.86. The number of carbonyl (C=O) groups is 2. The number of nitrogens with one attached hydrogen (secondary N) is 2. The highest BCUT2D eigenvalue weighted by molar-refractivity contribution is 6.09. The van der Waals surface area contributed by atoms with Crippen molar-refractivity contribution in [2.75, 3.05) is 18.5 Å². The first-order chi connectivity index (χ1) is 13.5. The van der Waals surface area contributed by atoms with Crippen LogP contribution in [0.2, 0.25) is 0 Å². The van der Waals surface area contributed by atoms with E-state index in [0.717, 1.165) is 19.4 Å². The van der Waals surface area contributed by atoms with Crippen molar-refractivity contribution in [3.05, 3.63) is 59.7 Å². The third-order valence-corrected chi connectivity index (χ3v) is 4.42. The van der Waals surface area contributed by atoms with Gasteiger partial charge in [0.2, 0.25) is 0 Å². The van der Waals surface area contributed by atoms with Gasteiger partial charge in [-0.2, -0.15) is 0 Å². The van der Waals surface area contributed by atoms with Gasteiger partial charge in [0.05, 0.1) is 23.5 Å². The molecule has 2 N–H and O–H groups in total. The van der Waals surface area contributed by atoms with Crippen LogP contribution in [0.25, 0.3) is 0 Å². The highest BCUT2D eigenvalue weighted by atomic mass is 16.5. The summed E-state index contributed by atoms with van der Waals surface area (Å²) >= 11 is 0. The van der Waals surface area contributed by atoms with E-state index < -0.39 is 0 Å². The molecule has 0 spiro atoms. The van der Waals surface area contributed by atoms with Crippen molar-refractivity contribution < 1.29 is 19.1 Å². The average Bonchev–Trinajstić information content (AvgIpc) is 3.20. The summed E-state index contributed by atoms with van der Waals surface area (Å²) in [5, 5.41) is 5.71. The summed E-state index contributed by atoms with van der Waals surface area (Å²) in [6.45, 7) is 5.11. The van der Waals surface area contributed by atoms with Crippen molar-refractivity contribution >= 4 is 17.5 Å². The Kier molecular flexibility index (Phi) is 6.66. The second kappa shape index (κ2) is 9.37. The Bertz CT molecular complexity index is 812. The van der Waals surface area contributed by atoms with Gasteiger partial charge in [-0.05, 0) is 63.1 Å². The lowest BCUT2D eigenvalue weighted by Gasteiger charge is -2.14. The van der Waals surface area contributed by atoms with E-state index in [1.165, 1.54) is 0 Å². The normalized spacial score (nSPS) is 16.0. The van der Waals surface area contributed by atoms with Crippen molar-refractivity contribution in [3.63, 3.8) is 0 Å². The first kappa shape index (κ1) is 19.9. The summed E-state index contributed by atoms with van der Waals surface area (Å²) in [5.41, 5.74) is 1.39. The van der Waals surface area contributed by atoms with Crippen molar-refractivity contribution in [2.45, 2.75) is 38.9 Å². The highest BCUT2D eigenvalue weighted by Gasteiger charge is 2.18. The van der Waals surface area contributed by atoms with Gasteiger partial charge >= 0.3 is 0 Å². The Balaban J connectivity index is 1.64. The molecule has 2 amide bonds. The van der Waals surface area contributed by atoms with Crippen LogP contribution in [0.4, 0.5) is 5.69 Å². The van der Waals surface area contributed by atoms with Crippen LogP contribution in [0.3, 0.4) is 0 Å². The Morgan fingerprint density at radius 3 is 2.54 bits per heavy atom. The van der Waals surface area contributed by atoms with Crippen molar-refractivity contribution in [1.29, 1.82) is 0 Å². The number of anilines is 1. The quantitative estimate of drug-likeness (QED) is 0.767. The molecule has 1 aliphatic rings. The number of carbonyl (C=O) groups excluding carboxylic acids is 2. The van der Waals surface area contributed by atoms with Gasteiger partial charge in [0.15, 0.2) is 0 Å². The first-order valence-corrected chi connectivity index (χ1v) is 9.60. The molecule has 1 aliphatic heterocycles. The monoisotopic (exact) mass is 382 g/mol. The van der Waals surface area contributed by atoms with Crippen LogP contribution < -0.4 is 15.4 Å². The molecule has 2 aromatic rings. The van der Waals surface area contributed by atoms with Gasteiger partial charge in [-0.3, -0.25) is 9.59 Å². The van der Waals surface area contributed by atoms with E-state index in [1.54, 1.807) is 48.5 Å². The van der Waals surface area contributed by atoms with Gasteiger partial charge < -0.3 is 20.1 Å². The molecular weight excluding hydrogens is 356 g/mol. The minimum atomic E-state index is -0.282. The molecule has 1 heterocycles. The second-order valence-corrected chi connectivity index (χ2v) is 7.04. The van der Waals surface area contributed by atoms with Crippen LogP contribution in [0, 0.1) is 0 Å². The maximum Gasteiger partial charge on any atom is 0.255 e. The molecule has 0 bridgehead atoms. The number of para-hydroxylation sites is 1. The van der Waals surface area contributed by atoms with E-state index in [2.05, 4.69) is 10.6 Å². The van der Waals surface area contributed by atoms with E-state index in [-0.39, 0.29) is 24.0 Å². The number of benzene rings is 2. The van der Waals surface area contributed by atoms with Gasteiger partial charge in [-0.15, -0.1) is 0 Å². The van der Waals surface area contributed by atoms with Gasteiger partial charge in [0.1, 0.15) is 5.75 Å². The van der Waals surface area contributed by atoms with Crippen molar-refractivity contribution in [2.24, 2.45) is 0 Å². The Morgan fingerprint density at radius 2 is 1.86 bits per heavy atom. The van der Waals surface area contributed by atoms with Crippen LogP contribution in [0.15, 0.2) is 48.5 Å². The van der Waals surface area contributed by atoms with Gasteiger partial charge in [-0.25, -0.2) is 0 Å². The fraction of sp³-hybridized carbons (Fsp3) is 0.364. The summed E-state index contributed by atoms with van der Waals surface area (Å²) < 4.78 is 11.1. The lowest BCUT2D eigenvalue weighted by atomic mass is 10.1. The topological polar surface area (TPSA) is 76.7 Å². The lowest BCUT2D eigenvalue weighted by molar-refractivity contribution is 0.0858. The fourth-order valence-electron chi connectivity index (χ4n) is 3.05. The molecule has 0 radical (unpaired) electrons. The maximum absolute atomic E-state index is 12.6. The molecule has 1 atom stereocenters. The molecule has 0 aliphatic carbocycles. The molecule has 2 aromatic carbocycles. The highest BCUT2D eigenvalue weighted by Crippen LogP contribution is 2.19. The smallest absolute Gasteiger partial charge is 0.255 e. The van der Waals surface area contributed by atoms with Gasteiger partial charge in [0.25, 0.3) is 11.8 Å². The third kappa shape index (κ3) is 5.33. The number of rotatable bonds is 7. The minimum Gasteiger partial charge on any atom is -0.491 e. The maximum atomic E-state index is 12.6. The summed E-state index contributed by atoms with van der Waals surface area (Å²) in [7, 11) is 0. The van der Waals surface area contributed by atoms with E-state index in [1.807, 2.05) is 13.8 Å². The molecule has 148 valence electrons. The molecule has 6 nitrogen and oxygen atoms in total. The van der Waals surface area contributed by atoms with Crippen LogP contribution in [-0.4, -0.2) is 37.2 Å². The number of hydrogen-bond donors (Lipinski definition) is 2. The second-order valence-electron chi connectivity index (χ2n) is 7.04. The molecule has 0 saturated carbocycles. The lowest BCUT2D eigenvalue weighted by Crippen LogP contribution is -2.32. The van der Waals surface area contributed by atoms with E-state index >= 15 is 0 Å². The van der Waals surface area contributed by atoms with E-state index in [9.17, 15) is 9.59 Å². The molecule has 28 heavy (non-hydrogen) atoms. The van der Waals surface area contributed by atoms with Crippen molar-refractivity contribution in [3.8, 4) is 5.75 Å². The minimum absolute atomic E-state index is 0.0669. The Labute approximate surface area is 165 Å². The van der Waals surface area contributed by atoms with Gasteiger partial charge in [0, 0.05) is 18.7 Å². The number of hydrogen-bond acceptors (Lipinski definition) is 4. The SMILES string of the molecule is CC(C)Oc1ccc(C(=O)Nc2ccccc2C(=O)NC[C@@H]2CCCO2)cc1. The molecule has 1 fully saturated rings. The van der Waals surface area contributed by atoms with E-state index in [0.29, 0.717) is 29.1 Å². The zero-order chi connectivity index (χ0) is 19.9. The third-order valence-electron chi connectivity index (χ3n) is 4.42. The summed E-state index contributed by atoms with van der Waals surface area (Å²) in [5.74, 6) is 0.197. The summed E-state index contributed by atoms with van der Waals surface area (Å²) in [4.78, 5) is 25.1. The first-order valence-electron chi connectivity index (χ1n) is 9.60. The molecule has 0 unspecified atom stereocenters. The zero-order valence-corrected chi connectivity index (χ0v) is 16.2. The van der Waals surface area contributed by atoms with E-state index in [4.69, 9.17) is 9.47 Å². The molecule has 1 saturated heterocycles. The number of amides is 2. The molecular formula is C22H26N2O4. The predicted molar refractivity (Wildman–Crippen MR) is 108 cm³/mol. The standard InChI is InChI=1S/C22H26N2O4/c1-15(2)28-17-11-9-16(10-12-17)21(25)24-20-8-4-3-7-19(20)22(26)23-14-18-6-5-13-27-18/h3-4,7-12,15,18H,5-6,13-14H2,1-2H3,(H,23,26)(H,24,25)/t18-/m0/s1. The van der Waals surface area contributed by atoms with Crippen LogP contribution in [-0.2, 0) is 4.74 Å². The predicted octanol–water partition coefficient (Wildman–Crippen LogP) is 3.63. The van der Waals surface area contributed by atoms with Gasteiger partial charge in [-0.1, -0.05) is 12.1 Å².